The van der Waals surface area contributed by atoms with E-state index in [4.69, 9.17) is 28.4 Å². The van der Waals surface area contributed by atoms with E-state index in [0.717, 1.165) is 22.3 Å². The molecule has 1 heterocycles. The third kappa shape index (κ3) is 7.59. The van der Waals surface area contributed by atoms with E-state index < -0.39 is 0 Å². The van der Waals surface area contributed by atoms with Crippen molar-refractivity contribution in [1.29, 1.82) is 0 Å². The number of hydrogen-bond donors (Lipinski definition) is 0. The molecule has 2 aromatic carbocycles. The lowest BCUT2D eigenvalue weighted by atomic mass is 10.1. The molecule has 6 nitrogen and oxygen atoms in total. The lowest BCUT2D eigenvalue weighted by Crippen LogP contribution is -2.11. The Morgan fingerprint density at radius 2 is 0.933 bits per heavy atom. The second-order valence-corrected chi connectivity index (χ2v) is 6.24. The number of benzene rings is 2. The molecule has 30 heavy (non-hydrogen) atoms. The van der Waals surface area contributed by atoms with Crippen LogP contribution in [-0.4, -0.2) is 66.1 Å². The Balaban J connectivity index is 1.58. The fourth-order valence-electron chi connectivity index (χ4n) is 2.77. The van der Waals surface area contributed by atoms with Crippen LogP contribution in [0.15, 0.2) is 36.4 Å². The maximum Gasteiger partial charge on any atom is 0.127 e. The number of ether oxygens (including phenoxy) is 6. The molecular formula is C24H26O6. The molecule has 0 aromatic heterocycles. The standard InChI is InChI=1S/C24H26O6/c1-2-4-12-26-14-16-28-18-20-30-24-10-6-7-21-22(24)8-5-9-23(21)29-19-17-27-15-13-25-11-3-1/h5-10H,11-20H2. The summed E-state index contributed by atoms with van der Waals surface area (Å²) in [6.07, 6.45) is 0. The van der Waals surface area contributed by atoms with Gasteiger partial charge in [0.05, 0.1) is 39.6 Å². The van der Waals surface area contributed by atoms with Crippen molar-refractivity contribution in [2.24, 2.45) is 0 Å². The summed E-state index contributed by atoms with van der Waals surface area (Å²) in [6, 6.07) is 11.9. The minimum Gasteiger partial charge on any atom is -0.491 e. The van der Waals surface area contributed by atoms with Crippen molar-refractivity contribution < 1.29 is 28.4 Å². The molecule has 1 aliphatic rings. The summed E-state index contributed by atoms with van der Waals surface area (Å²) < 4.78 is 33.7. The summed E-state index contributed by atoms with van der Waals surface area (Å²) in [5.41, 5.74) is 0. The Labute approximate surface area is 177 Å². The zero-order valence-corrected chi connectivity index (χ0v) is 17.0. The maximum atomic E-state index is 5.91. The third-order valence-corrected chi connectivity index (χ3v) is 4.14. The van der Waals surface area contributed by atoms with Gasteiger partial charge in [0, 0.05) is 10.8 Å². The van der Waals surface area contributed by atoms with Crippen molar-refractivity contribution in [2.45, 2.75) is 0 Å². The predicted molar refractivity (Wildman–Crippen MR) is 114 cm³/mol. The van der Waals surface area contributed by atoms with Crippen LogP contribution in [0.5, 0.6) is 11.5 Å². The molecule has 0 saturated heterocycles. The van der Waals surface area contributed by atoms with E-state index in [9.17, 15) is 0 Å². The van der Waals surface area contributed by atoms with Crippen LogP contribution in [0.25, 0.3) is 10.8 Å². The van der Waals surface area contributed by atoms with Crippen LogP contribution in [-0.2, 0) is 18.9 Å². The molecule has 4 bridgehead atoms. The molecule has 0 N–H and O–H groups in total. The Bertz CT molecular complexity index is 827. The SMILES string of the molecule is C1#CCOCCOCCOc2cccc3c(cccc23)OCCOCCOCC#C1. The molecule has 1 aliphatic heterocycles. The molecule has 0 saturated carbocycles. The first-order valence-electron chi connectivity index (χ1n) is 9.99. The largest absolute Gasteiger partial charge is 0.491 e. The quantitative estimate of drug-likeness (QED) is 0.623. The topological polar surface area (TPSA) is 55.4 Å². The fourth-order valence-corrected chi connectivity index (χ4v) is 2.77. The van der Waals surface area contributed by atoms with Crippen LogP contribution in [0.1, 0.15) is 0 Å². The number of hydrogen-bond acceptors (Lipinski definition) is 6. The monoisotopic (exact) mass is 410 g/mol. The predicted octanol–water partition coefficient (Wildman–Crippen LogP) is 2.68. The Hall–Kier alpha value is -2.74. The van der Waals surface area contributed by atoms with E-state index in [-0.39, 0.29) is 0 Å². The average molecular weight is 410 g/mol. The first-order valence-corrected chi connectivity index (χ1v) is 9.99. The summed E-state index contributed by atoms with van der Waals surface area (Å²) in [7, 11) is 0. The van der Waals surface area contributed by atoms with Gasteiger partial charge >= 0.3 is 0 Å². The van der Waals surface area contributed by atoms with Gasteiger partial charge in [-0.15, -0.1) is 0 Å². The summed E-state index contributed by atoms with van der Waals surface area (Å²) in [5.74, 6) is 12.7. The van der Waals surface area contributed by atoms with E-state index in [1.165, 1.54) is 0 Å². The molecule has 3 rings (SSSR count). The minimum atomic E-state index is 0.323. The molecule has 158 valence electrons. The van der Waals surface area contributed by atoms with Gasteiger partial charge in [-0.25, -0.2) is 0 Å². The molecule has 0 amide bonds. The lowest BCUT2D eigenvalue weighted by molar-refractivity contribution is 0.0462. The van der Waals surface area contributed by atoms with Crippen molar-refractivity contribution in [3.8, 4) is 35.2 Å². The van der Waals surface area contributed by atoms with Crippen LogP contribution in [0.3, 0.4) is 0 Å². The summed E-state index contributed by atoms with van der Waals surface area (Å²) in [6.45, 7) is 4.42. The second-order valence-electron chi connectivity index (χ2n) is 6.24. The summed E-state index contributed by atoms with van der Waals surface area (Å²) in [4.78, 5) is 0. The summed E-state index contributed by atoms with van der Waals surface area (Å²) >= 11 is 0. The molecule has 0 atom stereocenters. The Morgan fingerprint density at radius 3 is 1.43 bits per heavy atom. The first-order chi connectivity index (χ1) is 14.9. The highest BCUT2D eigenvalue weighted by molar-refractivity contribution is 5.93. The van der Waals surface area contributed by atoms with E-state index in [2.05, 4.69) is 23.7 Å². The molecule has 0 unspecified atom stereocenters. The van der Waals surface area contributed by atoms with Crippen molar-refractivity contribution in [2.75, 3.05) is 66.1 Å². The third-order valence-electron chi connectivity index (χ3n) is 4.14. The van der Waals surface area contributed by atoms with Gasteiger partial charge in [-0.1, -0.05) is 36.1 Å². The van der Waals surface area contributed by atoms with Gasteiger partial charge in [-0.3, -0.25) is 0 Å². The van der Waals surface area contributed by atoms with Crippen LogP contribution >= 0.6 is 0 Å². The van der Waals surface area contributed by atoms with Gasteiger partial charge < -0.3 is 28.4 Å². The highest BCUT2D eigenvalue weighted by atomic mass is 16.5. The van der Waals surface area contributed by atoms with Crippen molar-refractivity contribution >= 4 is 10.8 Å². The summed E-state index contributed by atoms with van der Waals surface area (Å²) in [5, 5.41) is 2.00. The molecule has 6 heteroatoms. The van der Waals surface area contributed by atoms with Gasteiger partial charge in [0.1, 0.15) is 37.9 Å². The van der Waals surface area contributed by atoms with Crippen LogP contribution in [0, 0.1) is 23.7 Å². The maximum absolute atomic E-state index is 5.91. The van der Waals surface area contributed by atoms with E-state index in [1.807, 2.05) is 36.4 Å². The second kappa shape index (κ2) is 13.5. The van der Waals surface area contributed by atoms with Crippen LogP contribution in [0.4, 0.5) is 0 Å². The van der Waals surface area contributed by atoms with Gasteiger partial charge in [0.2, 0.25) is 0 Å². The van der Waals surface area contributed by atoms with Crippen molar-refractivity contribution in [1.82, 2.24) is 0 Å². The highest BCUT2D eigenvalue weighted by Gasteiger charge is 2.07. The fraction of sp³-hybridized carbons (Fsp3) is 0.417. The van der Waals surface area contributed by atoms with Crippen LogP contribution < -0.4 is 9.47 Å². The lowest BCUT2D eigenvalue weighted by Gasteiger charge is -2.13. The normalized spacial score (nSPS) is 17.3. The Kier molecular flexibility index (Phi) is 9.86. The van der Waals surface area contributed by atoms with Gasteiger partial charge in [-0.2, -0.15) is 0 Å². The van der Waals surface area contributed by atoms with E-state index in [1.54, 1.807) is 0 Å². The van der Waals surface area contributed by atoms with Crippen molar-refractivity contribution in [3.05, 3.63) is 36.4 Å². The molecular weight excluding hydrogens is 384 g/mol. The Morgan fingerprint density at radius 1 is 0.500 bits per heavy atom. The molecule has 0 radical (unpaired) electrons. The zero-order valence-electron chi connectivity index (χ0n) is 17.0. The van der Waals surface area contributed by atoms with Gasteiger partial charge in [0.25, 0.3) is 0 Å². The smallest absolute Gasteiger partial charge is 0.127 e. The highest BCUT2D eigenvalue weighted by Crippen LogP contribution is 2.32. The van der Waals surface area contributed by atoms with Crippen molar-refractivity contribution in [3.63, 3.8) is 0 Å². The van der Waals surface area contributed by atoms with Gasteiger partial charge in [0.15, 0.2) is 0 Å². The molecule has 2 aromatic rings. The average Bonchev–Trinajstić information content (AvgIpc) is 2.77. The number of rotatable bonds is 0. The van der Waals surface area contributed by atoms with E-state index >= 15 is 0 Å². The minimum absolute atomic E-state index is 0.323. The molecule has 0 spiro atoms. The van der Waals surface area contributed by atoms with E-state index in [0.29, 0.717) is 66.1 Å². The molecule has 0 fully saturated rings. The van der Waals surface area contributed by atoms with Crippen LogP contribution in [0.2, 0.25) is 0 Å². The zero-order chi connectivity index (χ0) is 20.7. The van der Waals surface area contributed by atoms with Gasteiger partial charge in [-0.05, 0) is 24.0 Å². The molecule has 0 aliphatic carbocycles. The first kappa shape index (κ1) is 22.0.